The molecule has 0 atom stereocenters. The molecule has 1 aromatic carbocycles. The molecular formula is C17H17Cl3N2O4. The number of benzene rings is 1. The van der Waals surface area contributed by atoms with E-state index in [0.29, 0.717) is 13.2 Å². The summed E-state index contributed by atoms with van der Waals surface area (Å²) in [6.07, 6.45) is 4.98. The van der Waals surface area contributed by atoms with Crippen LogP contribution in [0.1, 0.15) is 37.1 Å². The lowest BCUT2D eigenvalue weighted by Gasteiger charge is -2.06. The molecule has 6 nitrogen and oxygen atoms in total. The molecule has 1 heterocycles. The van der Waals surface area contributed by atoms with Gasteiger partial charge in [-0.25, -0.2) is 0 Å². The van der Waals surface area contributed by atoms with E-state index in [1.54, 1.807) is 12.2 Å². The molecule has 26 heavy (non-hydrogen) atoms. The number of carbonyl (C=O) groups excluding carboxylic acids is 1. The highest BCUT2D eigenvalue weighted by Crippen LogP contribution is 2.37. The molecule has 0 aliphatic carbocycles. The first kappa shape index (κ1) is 20.6. The summed E-state index contributed by atoms with van der Waals surface area (Å²) in [5.74, 6) is 0.642. The van der Waals surface area contributed by atoms with Crippen LogP contribution >= 0.6 is 34.8 Å². The molecule has 0 unspecified atom stereocenters. The number of ether oxygens (including phenoxy) is 2. The maximum Gasteiger partial charge on any atom is 0.302 e. The number of alkyl halides is 3. The van der Waals surface area contributed by atoms with Crippen LogP contribution < -0.4 is 4.74 Å². The van der Waals surface area contributed by atoms with Crippen molar-refractivity contribution in [2.45, 2.75) is 23.6 Å². The average Bonchev–Trinajstić information content (AvgIpc) is 3.06. The zero-order valence-corrected chi connectivity index (χ0v) is 16.2. The van der Waals surface area contributed by atoms with Crippen molar-refractivity contribution < 1.29 is 18.7 Å². The summed E-state index contributed by atoms with van der Waals surface area (Å²) in [7, 11) is 0. The van der Waals surface area contributed by atoms with Gasteiger partial charge in [-0.1, -0.05) is 46.9 Å². The average molecular weight is 420 g/mol. The molecule has 140 valence electrons. The van der Waals surface area contributed by atoms with Crippen LogP contribution in [-0.2, 0) is 13.3 Å². The third-order valence-corrected chi connectivity index (χ3v) is 3.58. The van der Waals surface area contributed by atoms with Crippen LogP contribution in [0, 0.1) is 0 Å². The predicted octanol–water partition coefficient (Wildman–Crippen LogP) is 4.79. The van der Waals surface area contributed by atoms with Crippen LogP contribution in [0.4, 0.5) is 0 Å². The van der Waals surface area contributed by atoms with Gasteiger partial charge in [-0.05, 0) is 36.6 Å². The number of unbranched alkanes of at least 4 members (excludes halogenated alkanes) is 1. The van der Waals surface area contributed by atoms with Crippen molar-refractivity contribution in [3.63, 3.8) is 0 Å². The van der Waals surface area contributed by atoms with Crippen LogP contribution in [0.15, 0.2) is 28.7 Å². The second-order valence-electron chi connectivity index (χ2n) is 5.24. The van der Waals surface area contributed by atoms with E-state index in [4.69, 9.17) is 48.7 Å². The van der Waals surface area contributed by atoms with E-state index in [0.717, 1.165) is 24.2 Å². The van der Waals surface area contributed by atoms with Gasteiger partial charge in [0.2, 0.25) is 5.89 Å². The molecule has 0 N–H and O–H groups in total. The van der Waals surface area contributed by atoms with Crippen LogP contribution in [0.3, 0.4) is 0 Å². The number of aromatic nitrogens is 2. The van der Waals surface area contributed by atoms with Crippen molar-refractivity contribution >= 4 is 52.9 Å². The van der Waals surface area contributed by atoms with Gasteiger partial charge in [-0.2, -0.15) is 0 Å². The summed E-state index contributed by atoms with van der Waals surface area (Å²) in [6.45, 7) is 2.36. The standard InChI is InChI=1S/C17H17Cl3N2O4/c1-12(23)24-10-2-3-11-25-14-7-4-13(5-8-14)6-9-15-21-22-16(26-15)17(18,19)20/h4-9H,2-3,10-11H2,1H3. The van der Waals surface area contributed by atoms with Gasteiger partial charge in [0.1, 0.15) is 5.75 Å². The summed E-state index contributed by atoms with van der Waals surface area (Å²) in [5.41, 5.74) is 0.917. The number of carbonyl (C=O) groups is 1. The summed E-state index contributed by atoms with van der Waals surface area (Å²) in [4.78, 5) is 10.6. The second-order valence-corrected chi connectivity index (χ2v) is 7.52. The Balaban J connectivity index is 1.78. The minimum absolute atomic E-state index is 0.0837. The number of halogens is 3. The molecule has 0 bridgehead atoms. The third kappa shape index (κ3) is 7.23. The maximum absolute atomic E-state index is 10.6. The first-order valence-corrected chi connectivity index (χ1v) is 8.93. The number of hydrogen-bond acceptors (Lipinski definition) is 6. The Kier molecular flexibility index (Phi) is 7.75. The lowest BCUT2D eigenvalue weighted by atomic mass is 10.2. The van der Waals surface area contributed by atoms with Crippen molar-refractivity contribution in [3.8, 4) is 5.75 Å². The Morgan fingerprint density at radius 1 is 1.12 bits per heavy atom. The molecule has 0 spiro atoms. The zero-order valence-electron chi connectivity index (χ0n) is 14.0. The Bertz CT molecular complexity index is 739. The second kappa shape index (κ2) is 9.80. The summed E-state index contributed by atoms with van der Waals surface area (Å²) < 4.78 is 14.0. The Hall–Kier alpha value is -1.76. The first-order chi connectivity index (χ1) is 12.3. The highest BCUT2D eigenvalue weighted by atomic mass is 35.6. The Labute approximate surface area is 166 Å². The molecule has 0 saturated carbocycles. The fraction of sp³-hybridized carbons (Fsp3) is 0.353. The minimum atomic E-state index is -1.74. The van der Waals surface area contributed by atoms with E-state index < -0.39 is 3.79 Å². The quantitative estimate of drug-likeness (QED) is 0.348. The van der Waals surface area contributed by atoms with Gasteiger partial charge in [0, 0.05) is 13.0 Å². The van der Waals surface area contributed by atoms with E-state index in [1.807, 2.05) is 24.3 Å². The Morgan fingerprint density at radius 2 is 1.81 bits per heavy atom. The third-order valence-electron chi connectivity index (χ3n) is 3.09. The molecule has 0 radical (unpaired) electrons. The van der Waals surface area contributed by atoms with E-state index in [9.17, 15) is 4.79 Å². The van der Waals surface area contributed by atoms with Crippen molar-refractivity contribution in [3.05, 3.63) is 41.6 Å². The van der Waals surface area contributed by atoms with Gasteiger partial charge in [0.25, 0.3) is 9.68 Å². The van der Waals surface area contributed by atoms with Gasteiger partial charge >= 0.3 is 5.97 Å². The number of nitrogens with zero attached hydrogens (tertiary/aromatic N) is 2. The van der Waals surface area contributed by atoms with Crippen molar-refractivity contribution in [2.24, 2.45) is 0 Å². The summed E-state index contributed by atoms with van der Waals surface area (Å²) in [5, 5.41) is 7.45. The molecule has 2 aromatic rings. The van der Waals surface area contributed by atoms with Gasteiger partial charge in [-0.3, -0.25) is 4.79 Å². The molecule has 0 fully saturated rings. The largest absolute Gasteiger partial charge is 0.494 e. The summed E-state index contributed by atoms with van der Waals surface area (Å²) >= 11 is 17.0. The molecule has 0 aliphatic heterocycles. The van der Waals surface area contributed by atoms with Crippen LogP contribution in [-0.4, -0.2) is 29.4 Å². The smallest absolute Gasteiger partial charge is 0.302 e. The molecule has 9 heteroatoms. The van der Waals surface area contributed by atoms with E-state index >= 15 is 0 Å². The fourth-order valence-corrected chi connectivity index (χ4v) is 2.10. The first-order valence-electron chi connectivity index (χ1n) is 7.79. The van der Waals surface area contributed by atoms with Crippen molar-refractivity contribution in [1.29, 1.82) is 0 Å². The molecule has 1 aromatic heterocycles. The zero-order chi connectivity index (χ0) is 19.0. The number of hydrogen-bond donors (Lipinski definition) is 0. The topological polar surface area (TPSA) is 74.5 Å². The summed E-state index contributed by atoms with van der Waals surface area (Å²) in [6, 6.07) is 7.48. The monoisotopic (exact) mass is 418 g/mol. The van der Waals surface area contributed by atoms with Gasteiger partial charge < -0.3 is 13.9 Å². The highest BCUT2D eigenvalue weighted by molar-refractivity contribution is 6.66. The van der Waals surface area contributed by atoms with Crippen LogP contribution in [0.5, 0.6) is 5.75 Å². The van der Waals surface area contributed by atoms with E-state index in [1.165, 1.54) is 6.92 Å². The lowest BCUT2D eigenvalue weighted by molar-refractivity contribution is -0.141. The predicted molar refractivity (Wildman–Crippen MR) is 100 cm³/mol. The molecule has 0 amide bonds. The highest BCUT2D eigenvalue weighted by Gasteiger charge is 2.29. The van der Waals surface area contributed by atoms with E-state index in [2.05, 4.69) is 10.2 Å². The minimum Gasteiger partial charge on any atom is -0.494 e. The van der Waals surface area contributed by atoms with Crippen LogP contribution in [0.25, 0.3) is 12.2 Å². The number of rotatable bonds is 8. The van der Waals surface area contributed by atoms with Crippen molar-refractivity contribution in [1.82, 2.24) is 10.2 Å². The molecule has 0 saturated heterocycles. The van der Waals surface area contributed by atoms with Crippen LogP contribution in [0.2, 0.25) is 0 Å². The maximum atomic E-state index is 10.6. The van der Waals surface area contributed by atoms with Crippen molar-refractivity contribution in [2.75, 3.05) is 13.2 Å². The normalized spacial score (nSPS) is 11.7. The van der Waals surface area contributed by atoms with Gasteiger partial charge in [0.15, 0.2) is 0 Å². The SMILES string of the molecule is CC(=O)OCCCCOc1ccc(C=Cc2nnc(C(Cl)(Cl)Cl)o2)cc1. The van der Waals surface area contributed by atoms with E-state index in [-0.39, 0.29) is 17.8 Å². The number of esters is 1. The molecular weight excluding hydrogens is 403 g/mol. The Morgan fingerprint density at radius 3 is 2.42 bits per heavy atom. The van der Waals surface area contributed by atoms with Gasteiger partial charge in [0.05, 0.1) is 13.2 Å². The van der Waals surface area contributed by atoms with Gasteiger partial charge in [-0.15, -0.1) is 10.2 Å². The molecule has 2 rings (SSSR count). The lowest BCUT2D eigenvalue weighted by Crippen LogP contribution is -2.03. The fourth-order valence-electron chi connectivity index (χ4n) is 1.87. The molecule has 0 aliphatic rings.